The highest BCUT2D eigenvalue weighted by molar-refractivity contribution is 5.23. The van der Waals surface area contributed by atoms with Crippen LogP contribution in [0, 0.1) is 18.6 Å². The van der Waals surface area contributed by atoms with E-state index in [-0.39, 0.29) is 6.04 Å². The van der Waals surface area contributed by atoms with Gasteiger partial charge in [0.05, 0.1) is 0 Å². The topological polar surface area (TPSA) is 24.9 Å². The number of aromatic nitrogens is 1. The fraction of sp³-hybridized carbons (Fsp3) is 0.267. The van der Waals surface area contributed by atoms with E-state index in [1.54, 1.807) is 13.2 Å². The lowest BCUT2D eigenvalue weighted by Gasteiger charge is -2.16. The molecule has 1 N–H and O–H groups in total. The Labute approximate surface area is 111 Å². The third-order valence-electron chi connectivity index (χ3n) is 3.02. The van der Waals surface area contributed by atoms with Crippen LogP contribution < -0.4 is 5.32 Å². The van der Waals surface area contributed by atoms with Gasteiger partial charge in [-0.2, -0.15) is 0 Å². The van der Waals surface area contributed by atoms with E-state index in [0.717, 1.165) is 17.3 Å². The zero-order valence-corrected chi connectivity index (χ0v) is 11.0. The second-order valence-electron chi connectivity index (χ2n) is 4.58. The van der Waals surface area contributed by atoms with Gasteiger partial charge < -0.3 is 5.32 Å². The number of nitrogens with zero attached hydrogens (tertiary/aromatic N) is 1. The summed E-state index contributed by atoms with van der Waals surface area (Å²) in [4.78, 5) is 4.31. The molecule has 0 radical (unpaired) electrons. The van der Waals surface area contributed by atoms with E-state index in [1.807, 2.05) is 19.1 Å². The summed E-state index contributed by atoms with van der Waals surface area (Å²) < 4.78 is 26.5. The monoisotopic (exact) mass is 262 g/mol. The molecule has 2 nitrogen and oxygen atoms in total. The number of likely N-dealkylation sites (N-methyl/N-ethyl adjacent to an activating group) is 1. The average molecular weight is 262 g/mol. The maximum Gasteiger partial charge on any atom is 0.126 e. The molecule has 4 heteroatoms. The van der Waals surface area contributed by atoms with E-state index >= 15 is 0 Å². The summed E-state index contributed by atoms with van der Waals surface area (Å²) in [5.74, 6) is -1.13. The molecule has 0 aliphatic carbocycles. The lowest BCUT2D eigenvalue weighted by Crippen LogP contribution is -2.19. The van der Waals surface area contributed by atoms with Gasteiger partial charge in [0.15, 0.2) is 0 Å². The van der Waals surface area contributed by atoms with Crippen molar-refractivity contribution in [1.82, 2.24) is 10.3 Å². The van der Waals surface area contributed by atoms with E-state index in [4.69, 9.17) is 0 Å². The van der Waals surface area contributed by atoms with Crippen molar-refractivity contribution in [3.05, 3.63) is 65.0 Å². The summed E-state index contributed by atoms with van der Waals surface area (Å²) in [7, 11) is 1.77. The van der Waals surface area contributed by atoms with Crippen LogP contribution in [-0.4, -0.2) is 12.0 Å². The Balaban J connectivity index is 2.22. The highest BCUT2D eigenvalue weighted by Crippen LogP contribution is 2.19. The van der Waals surface area contributed by atoms with Crippen molar-refractivity contribution in [2.75, 3.05) is 7.05 Å². The normalized spacial score (nSPS) is 12.4. The van der Waals surface area contributed by atoms with Gasteiger partial charge in [0.2, 0.25) is 0 Å². The highest BCUT2D eigenvalue weighted by atomic mass is 19.1. The largest absolute Gasteiger partial charge is 0.313 e. The summed E-state index contributed by atoms with van der Waals surface area (Å²) in [6.45, 7) is 1.97. The van der Waals surface area contributed by atoms with Crippen LogP contribution in [0.4, 0.5) is 8.78 Å². The van der Waals surface area contributed by atoms with Crippen molar-refractivity contribution in [1.29, 1.82) is 0 Å². The molecule has 1 aromatic carbocycles. The minimum absolute atomic E-state index is 0.166. The number of benzene rings is 1. The van der Waals surface area contributed by atoms with Gasteiger partial charge in [-0.25, -0.2) is 8.78 Å². The van der Waals surface area contributed by atoms with Crippen LogP contribution in [0.15, 0.2) is 36.5 Å². The van der Waals surface area contributed by atoms with Gasteiger partial charge in [0.25, 0.3) is 0 Å². The number of nitrogens with one attached hydrogen (secondary N) is 1. The number of rotatable bonds is 4. The first kappa shape index (κ1) is 13.6. The zero-order chi connectivity index (χ0) is 13.8. The summed E-state index contributed by atoms with van der Waals surface area (Å²) in [5.41, 5.74) is 2.55. The third-order valence-corrected chi connectivity index (χ3v) is 3.02. The minimum Gasteiger partial charge on any atom is -0.313 e. The highest BCUT2D eigenvalue weighted by Gasteiger charge is 2.13. The lowest BCUT2D eigenvalue weighted by atomic mass is 10.0. The predicted molar refractivity (Wildman–Crippen MR) is 70.8 cm³/mol. The van der Waals surface area contributed by atoms with E-state index in [9.17, 15) is 8.78 Å². The van der Waals surface area contributed by atoms with Crippen molar-refractivity contribution in [3.8, 4) is 0 Å². The molecule has 100 valence electrons. The molecule has 2 aromatic rings. The van der Waals surface area contributed by atoms with Gasteiger partial charge in [0, 0.05) is 30.4 Å². The number of hydrogen-bond donors (Lipinski definition) is 1. The molecule has 0 bridgehead atoms. The van der Waals surface area contributed by atoms with Gasteiger partial charge in [-0.15, -0.1) is 0 Å². The van der Waals surface area contributed by atoms with E-state index < -0.39 is 11.6 Å². The Hall–Kier alpha value is -1.81. The molecule has 0 aliphatic rings. The van der Waals surface area contributed by atoms with Crippen molar-refractivity contribution in [2.45, 2.75) is 19.4 Å². The maximum absolute atomic E-state index is 13.2. The van der Waals surface area contributed by atoms with Gasteiger partial charge >= 0.3 is 0 Å². The molecule has 0 saturated heterocycles. The van der Waals surface area contributed by atoms with Gasteiger partial charge in [-0.05, 0) is 43.3 Å². The van der Waals surface area contributed by atoms with Crippen LogP contribution in [0.3, 0.4) is 0 Å². The first-order valence-electron chi connectivity index (χ1n) is 6.13. The molecule has 1 aromatic heterocycles. The molecule has 1 heterocycles. The van der Waals surface area contributed by atoms with Gasteiger partial charge in [0.1, 0.15) is 11.6 Å². The molecular weight excluding hydrogens is 246 g/mol. The van der Waals surface area contributed by atoms with Crippen molar-refractivity contribution < 1.29 is 8.78 Å². The summed E-state index contributed by atoms with van der Waals surface area (Å²) >= 11 is 0. The first-order chi connectivity index (χ1) is 9.08. The van der Waals surface area contributed by atoms with Crippen molar-refractivity contribution in [3.63, 3.8) is 0 Å². The molecule has 1 unspecified atom stereocenters. The molecule has 0 fully saturated rings. The van der Waals surface area contributed by atoms with Crippen LogP contribution in [0.5, 0.6) is 0 Å². The van der Waals surface area contributed by atoms with Gasteiger partial charge in [-0.1, -0.05) is 6.07 Å². The predicted octanol–water partition coefficient (Wildman–Crippen LogP) is 3.17. The summed E-state index contributed by atoms with van der Waals surface area (Å²) in [6, 6.07) is 7.30. The molecule has 1 atom stereocenters. The summed E-state index contributed by atoms with van der Waals surface area (Å²) in [6.07, 6.45) is 2.37. The number of aryl methyl sites for hydroxylation is 1. The van der Waals surface area contributed by atoms with Crippen LogP contribution in [-0.2, 0) is 6.42 Å². The first-order valence-corrected chi connectivity index (χ1v) is 6.13. The molecule has 19 heavy (non-hydrogen) atoms. The number of halogens is 2. The van der Waals surface area contributed by atoms with E-state index in [2.05, 4.69) is 10.3 Å². The standard InChI is InChI=1S/C15H16F2N2/c1-10-3-4-14(19-9-10)8-15(18-2)11-5-12(16)7-13(17)6-11/h3-7,9,15,18H,8H2,1-2H3. The smallest absolute Gasteiger partial charge is 0.126 e. The van der Waals surface area contributed by atoms with Crippen LogP contribution >= 0.6 is 0 Å². The van der Waals surface area contributed by atoms with Crippen molar-refractivity contribution in [2.24, 2.45) is 0 Å². The number of hydrogen-bond acceptors (Lipinski definition) is 2. The molecule has 0 amide bonds. The Morgan fingerprint density at radius 2 is 1.84 bits per heavy atom. The van der Waals surface area contributed by atoms with Crippen LogP contribution in [0.2, 0.25) is 0 Å². The Morgan fingerprint density at radius 1 is 1.16 bits per heavy atom. The molecule has 0 spiro atoms. The SMILES string of the molecule is CNC(Cc1ccc(C)cn1)c1cc(F)cc(F)c1. The zero-order valence-electron chi connectivity index (χ0n) is 11.0. The molecule has 0 aliphatic heterocycles. The Morgan fingerprint density at radius 3 is 2.37 bits per heavy atom. The Kier molecular flexibility index (Phi) is 4.22. The second-order valence-corrected chi connectivity index (χ2v) is 4.58. The molecule has 2 rings (SSSR count). The minimum atomic E-state index is -0.563. The van der Waals surface area contributed by atoms with E-state index in [0.29, 0.717) is 12.0 Å². The van der Waals surface area contributed by atoms with Crippen LogP contribution in [0.1, 0.15) is 22.9 Å². The second kappa shape index (κ2) is 5.89. The van der Waals surface area contributed by atoms with E-state index in [1.165, 1.54) is 12.1 Å². The van der Waals surface area contributed by atoms with Crippen LogP contribution in [0.25, 0.3) is 0 Å². The average Bonchev–Trinajstić information content (AvgIpc) is 2.37. The van der Waals surface area contributed by atoms with Gasteiger partial charge in [-0.3, -0.25) is 4.98 Å². The fourth-order valence-electron chi connectivity index (χ4n) is 1.99. The van der Waals surface area contributed by atoms with Crippen molar-refractivity contribution >= 4 is 0 Å². The fourth-order valence-corrected chi connectivity index (χ4v) is 1.99. The quantitative estimate of drug-likeness (QED) is 0.915. The molecule has 0 saturated carbocycles. The molecular formula is C15H16F2N2. The Bertz CT molecular complexity index is 532. The third kappa shape index (κ3) is 3.58. The lowest BCUT2D eigenvalue weighted by molar-refractivity contribution is 0.548. The number of pyridine rings is 1. The summed E-state index contributed by atoms with van der Waals surface area (Å²) in [5, 5.41) is 3.06. The maximum atomic E-state index is 13.2.